The molecule has 0 radical (unpaired) electrons. The van der Waals surface area contributed by atoms with Crippen molar-refractivity contribution in [3.8, 4) is 0 Å². The Morgan fingerprint density at radius 1 is 0.963 bits per heavy atom. The van der Waals surface area contributed by atoms with E-state index in [0.29, 0.717) is 13.1 Å². The molecule has 138 valence electrons. The highest BCUT2D eigenvalue weighted by atomic mass is 16.2. The van der Waals surface area contributed by atoms with Crippen molar-refractivity contribution in [3.63, 3.8) is 0 Å². The molecule has 0 aliphatic carbocycles. The quantitative estimate of drug-likeness (QED) is 0.745. The molecule has 5 nitrogen and oxygen atoms in total. The van der Waals surface area contributed by atoms with Crippen LogP contribution in [0.5, 0.6) is 0 Å². The van der Waals surface area contributed by atoms with Crippen LogP contribution >= 0.6 is 0 Å². The lowest BCUT2D eigenvalue weighted by Crippen LogP contribution is -2.50. The Morgan fingerprint density at radius 3 is 2.52 bits per heavy atom. The van der Waals surface area contributed by atoms with Crippen LogP contribution in [0, 0.1) is 13.8 Å². The topological polar surface area (TPSA) is 48.5 Å². The minimum atomic E-state index is -0.0334. The second-order valence-corrected chi connectivity index (χ2v) is 7.06. The molecule has 2 aromatic carbocycles. The largest absolute Gasteiger partial charge is 0.366 e. The molecule has 0 unspecified atom stereocenters. The molecule has 27 heavy (non-hydrogen) atoms. The van der Waals surface area contributed by atoms with E-state index in [1.165, 1.54) is 11.1 Å². The molecule has 5 heteroatoms. The monoisotopic (exact) mass is 360 g/mol. The van der Waals surface area contributed by atoms with Crippen molar-refractivity contribution in [3.05, 3.63) is 65.9 Å². The van der Waals surface area contributed by atoms with E-state index in [2.05, 4.69) is 53.3 Å². The average Bonchev–Trinajstić information content (AvgIpc) is 2.70. The van der Waals surface area contributed by atoms with E-state index in [-0.39, 0.29) is 6.03 Å². The predicted molar refractivity (Wildman–Crippen MR) is 110 cm³/mol. The first-order valence-corrected chi connectivity index (χ1v) is 9.34. The number of aryl methyl sites for hydroxylation is 2. The summed E-state index contributed by atoms with van der Waals surface area (Å²) in [5.41, 5.74) is 5.42. The van der Waals surface area contributed by atoms with E-state index in [4.69, 9.17) is 0 Å². The number of piperazine rings is 1. The third kappa shape index (κ3) is 3.58. The van der Waals surface area contributed by atoms with Gasteiger partial charge in [0.25, 0.3) is 0 Å². The van der Waals surface area contributed by atoms with Crippen LogP contribution in [-0.2, 0) is 0 Å². The number of rotatable bonds is 2. The standard InChI is InChI=1S/C22H24N4O/c1-16-8-9-19(15-17(16)2)24-22(27)26-13-11-25(12-14-26)20-7-3-5-18-6-4-10-23-21(18)20/h3-10,15H,11-14H2,1-2H3,(H,24,27). The minimum absolute atomic E-state index is 0.0334. The Labute approximate surface area is 159 Å². The fourth-order valence-corrected chi connectivity index (χ4v) is 3.52. The van der Waals surface area contributed by atoms with Gasteiger partial charge in [-0.05, 0) is 49.2 Å². The number of nitrogens with one attached hydrogen (secondary N) is 1. The summed E-state index contributed by atoms with van der Waals surface area (Å²) < 4.78 is 0. The first kappa shape index (κ1) is 17.3. The summed E-state index contributed by atoms with van der Waals surface area (Å²) in [6.07, 6.45) is 1.83. The number of hydrogen-bond donors (Lipinski definition) is 1. The van der Waals surface area contributed by atoms with Gasteiger partial charge in [0.2, 0.25) is 0 Å². The molecule has 0 atom stereocenters. The molecule has 1 saturated heterocycles. The van der Waals surface area contributed by atoms with Gasteiger partial charge in [-0.2, -0.15) is 0 Å². The lowest BCUT2D eigenvalue weighted by atomic mass is 10.1. The van der Waals surface area contributed by atoms with Crippen LogP contribution in [0.2, 0.25) is 0 Å². The van der Waals surface area contributed by atoms with Crippen molar-refractivity contribution < 1.29 is 4.79 Å². The predicted octanol–water partition coefficient (Wildman–Crippen LogP) is 4.21. The van der Waals surface area contributed by atoms with Gasteiger partial charge in [-0.3, -0.25) is 4.98 Å². The van der Waals surface area contributed by atoms with Gasteiger partial charge in [-0.1, -0.05) is 24.3 Å². The van der Waals surface area contributed by atoms with Gasteiger partial charge in [0, 0.05) is 43.4 Å². The zero-order chi connectivity index (χ0) is 18.8. The highest BCUT2D eigenvalue weighted by molar-refractivity contribution is 5.91. The van der Waals surface area contributed by atoms with Crippen LogP contribution in [0.3, 0.4) is 0 Å². The number of fused-ring (bicyclic) bond motifs is 1. The SMILES string of the molecule is Cc1ccc(NC(=O)N2CCN(c3cccc4cccnc34)CC2)cc1C. The van der Waals surface area contributed by atoms with Gasteiger partial charge in [0.15, 0.2) is 0 Å². The molecule has 1 N–H and O–H groups in total. The Bertz CT molecular complexity index is 972. The minimum Gasteiger partial charge on any atom is -0.366 e. The molecule has 4 rings (SSSR count). The first-order valence-electron chi connectivity index (χ1n) is 9.34. The summed E-state index contributed by atoms with van der Waals surface area (Å²) in [5, 5.41) is 4.16. The number of hydrogen-bond acceptors (Lipinski definition) is 3. The number of carbonyl (C=O) groups excluding carboxylic acids is 1. The summed E-state index contributed by atoms with van der Waals surface area (Å²) in [5.74, 6) is 0. The van der Waals surface area contributed by atoms with E-state index >= 15 is 0 Å². The number of carbonyl (C=O) groups is 1. The maximum Gasteiger partial charge on any atom is 0.321 e. The van der Waals surface area contributed by atoms with Crippen molar-refractivity contribution in [1.82, 2.24) is 9.88 Å². The molecule has 3 aromatic rings. The second kappa shape index (κ2) is 7.27. The number of nitrogens with zero attached hydrogens (tertiary/aromatic N) is 3. The number of amides is 2. The number of aromatic nitrogens is 1. The Hall–Kier alpha value is -3.08. The van der Waals surface area contributed by atoms with Gasteiger partial charge in [0.1, 0.15) is 0 Å². The molecule has 0 spiro atoms. The Balaban J connectivity index is 1.42. The summed E-state index contributed by atoms with van der Waals surface area (Å²) in [4.78, 5) is 21.3. The van der Waals surface area contributed by atoms with Gasteiger partial charge in [-0.15, -0.1) is 0 Å². The first-order chi connectivity index (χ1) is 13.1. The molecular formula is C22H24N4O. The normalized spacial score (nSPS) is 14.4. The zero-order valence-corrected chi connectivity index (χ0v) is 15.8. The Kier molecular flexibility index (Phi) is 4.67. The lowest BCUT2D eigenvalue weighted by Gasteiger charge is -2.36. The number of pyridine rings is 1. The van der Waals surface area contributed by atoms with E-state index in [9.17, 15) is 4.79 Å². The fraction of sp³-hybridized carbons (Fsp3) is 0.273. The second-order valence-electron chi connectivity index (χ2n) is 7.06. The summed E-state index contributed by atoms with van der Waals surface area (Å²) in [7, 11) is 0. The van der Waals surface area contributed by atoms with Gasteiger partial charge < -0.3 is 15.1 Å². The molecule has 2 heterocycles. The molecular weight excluding hydrogens is 336 g/mol. The molecule has 2 amide bonds. The van der Waals surface area contributed by atoms with E-state index in [1.807, 2.05) is 35.4 Å². The molecule has 0 bridgehead atoms. The van der Waals surface area contributed by atoms with Crippen LogP contribution in [0.4, 0.5) is 16.2 Å². The fourth-order valence-electron chi connectivity index (χ4n) is 3.52. The number of benzene rings is 2. The molecule has 1 fully saturated rings. The molecule has 1 aromatic heterocycles. The Morgan fingerprint density at radius 2 is 1.74 bits per heavy atom. The van der Waals surface area contributed by atoms with Crippen LogP contribution in [0.15, 0.2) is 54.7 Å². The summed E-state index contributed by atoms with van der Waals surface area (Å²) in [6, 6.07) is 16.3. The van der Waals surface area contributed by atoms with Gasteiger partial charge in [-0.25, -0.2) is 4.79 Å². The van der Waals surface area contributed by atoms with Gasteiger partial charge in [0.05, 0.1) is 11.2 Å². The van der Waals surface area contributed by atoms with Crippen LogP contribution in [0.25, 0.3) is 10.9 Å². The lowest BCUT2D eigenvalue weighted by molar-refractivity contribution is 0.208. The van der Waals surface area contributed by atoms with Crippen molar-refractivity contribution in [2.75, 3.05) is 36.4 Å². The highest BCUT2D eigenvalue weighted by Crippen LogP contribution is 2.25. The third-order valence-electron chi connectivity index (χ3n) is 5.28. The van der Waals surface area contributed by atoms with Gasteiger partial charge >= 0.3 is 6.03 Å². The average molecular weight is 360 g/mol. The van der Waals surface area contributed by atoms with E-state index in [1.54, 1.807) is 0 Å². The highest BCUT2D eigenvalue weighted by Gasteiger charge is 2.22. The maximum absolute atomic E-state index is 12.6. The number of urea groups is 1. The number of anilines is 2. The maximum atomic E-state index is 12.6. The van der Waals surface area contributed by atoms with E-state index < -0.39 is 0 Å². The summed E-state index contributed by atoms with van der Waals surface area (Å²) >= 11 is 0. The molecule has 1 aliphatic heterocycles. The van der Waals surface area contributed by atoms with Crippen molar-refractivity contribution in [1.29, 1.82) is 0 Å². The van der Waals surface area contributed by atoms with Crippen LogP contribution in [-0.4, -0.2) is 42.1 Å². The van der Waals surface area contributed by atoms with E-state index in [0.717, 1.165) is 35.4 Å². The van der Waals surface area contributed by atoms with Crippen molar-refractivity contribution in [2.45, 2.75) is 13.8 Å². The van der Waals surface area contributed by atoms with Crippen molar-refractivity contribution in [2.24, 2.45) is 0 Å². The number of para-hydroxylation sites is 1. The molecule has 0 saturated carbocycles. The van der Waals surface area contributed by atoms with Crippen molar-refractivity contribution >= 4 is 28.3 Å². The van der Waals surface area contributed by atoms with Crippen LogP contribution < -0.4 is 10.2 Å². The third-order valence-corrected chi connectivity index (χ3v) is 5.28. The smallest absolute Gasteiger partial charge is 0.321 e. The summed E-state index contributed by atoms with van der Waals surface area (Å²) in [6.45, 7) is 7.12. The zero-order valence-electron chi connectivity index (χ0n) is 15.8. The molecule has 1 aliphatic rings. The van der Waals surface area contributed by atoms with Crippen LogP contribution in [0.1, 0.15) is 11.1 Å².